The number of hydrogen-bond acceptors (Lipinski definition) is 5. The predicted molar refractivity (Wildman–Crippen MR) is 109 cm³/mol. The first-order valence-corrected chi connectivity index (χ1v) is 9.05. The van der Waals surface area contributed by atoms with Crippen LogP contribution < -0.4 is 16.0 Å². The van der Waals surface area contributed by atoms with Crippen LogP contribution in [0, 0.1) is 0 Å². The molecule has 2 aromatic carbocycles. The van der Waals surface area contributed by atoms with E-state index in [1.54, 1.807) is 57.2 Å². The van der Waals surface area contributed by atoms with E-state index in [1.165, 1.54) is 12.1 Å². The Hall–Kier alpha value is -3.55. The molecule has 0 unspecified atom stereocenters. The highest BCUT2D eigenvalue weighted by molar-refractivity contribution is 5.95. The summed E-state index contributed by atoms with van der Waals surface area (Å²) in [7, 11) is 0. The summed E-state index contributed by atoms with van der Waals surface area (Å²) in [6, 6.07) is 13.0. The number of nitrogens with one attached hydrogen (secondary N) is 3. The van der Waals surface area contributed by atoms with Gasteiger partial charge in [0.25, 0.3) is 5.91 Å². The van der Waals surface area contributed by atoms with E-state index in [0.717, 1.165) is 5.56 Å². The van der Waals surface area contributed by atoms with Gasteiger partial charge in [-0.25, -0.2) is 4.79 Å². The Morgan fingerprint density at radius 1 is 1.00 bits per heavy atom. The van der Waals surface area contributed by atoms with Crippen LogP contribution in [0.3, 0.4) is 0 Å². The minimum absolute atomic E-state index is 0.0268. The zero-order chi connectivity index (χ0) is 21.4. The van der Waals surface area contributed by atoms with E-state index in [4.69, 9.17) is 4.74 Å². The van der Waals surface area contributed by atoms with E-state index in [1.807, 2.05) is 0 Å². The van der Waals surface area contributed by atoms with Crippen LogP contribution >= 0.6 is 0 Å². The fourth-order valence-corrected chi connectivity index (χ4v) is 2.31. The molecule has 0 bridgehead atoms. The summed E-state index contributed by atoms with van der Waals surface area (Å²) >= 11 is 0. The number of carbonyl (C=O) groups is 3. The summed E-state index contributed by atoms with van der Waals surface area (Å²) in [5, 5.41) is 17.2. The largest absolute Gasteiger partial charge is 0.508 e. The smallest absolute Gasteiger partial charge is 0.408 e. The van der Waals surface area contributed by atoms with Crippen molar-refractivity contribution in [3.8, 4) is 5.75 Å². The Labute approximate surface area is 169 Å². The standard InChI is InChI=1S/C21H25N3O5/c1-21(2,3)29-20(28)23-13-18(26)24-16-9-7-14(8-10-16)12-22-19(27)15-5-4-6-17(25)11-15/h4-11,25H,12-13H2,1-3H3,(H,22,27)(H,23,28)(H,24,26). The first-order valence-electron chi connectivity index (χ1n) is 9.05. The summed E-state index contributed by atoms with van der Waals surface area (Å²) in [6.07, 6.45) is -0.662. The van der Waals surface area contributed by atoms with Crippen LogP contribution in [0.25, 0.3) is 0 Å². The highest BCUT2D eigenvalue weighted by atomic mass is 16.6. The lowest BCUT2D eigenvalue weighted by atomic mass is 10.1. The van der Waals surface area contributed by atoms with Crippen LogP contribution in [0.2, 0.25) is 0 Å². The molecule has 2 aromatic rings. The Morgan fingerprint density at radius 3 is 2.31 bits per heavy atom. The third-order valence-electron chi connectivity index (χ3n) is 3.59. The van der Waals surface area contributed by atoms with Gasteiger partial charge in [0.1, 0.15) is 17.9 Å². The molecular formula is C21H25N3O5. The molecule has 0 radical (unpaired) electrons. The zero-order valence-corrected chi connectivity index (χ0v) is 16.6. The summed E-state index contributed by atoms with van der Waals surface area (Å²) in [5.74, 6) is -0.661. The predicted octanol–water partition coefficient (Wildman–Crippen LogP) is 2.79. The molecular weight excluding hydrogens is 374 g/mol. The third kappa shape index (κ3) is 7.92. The number of aromatic hydroxyl groups is 1. The molecule has 0 saturated carbocycles. The van der Waals surface area contributed by atoms with Crippen molar-refractivity contribution in [1.82, 2.24) is 10.6 Å². The molecule has 0 aliphatic heterocycles. The maximum absolute atomic E-state index is 12.1. The highest BCUT2D eigenvalue weighted by Crippen LogP contribution is 2.12. The molecule has 0 fully saturated rings. The molecule has 0 heterocycles. The quantitative estimate of drug-likeness (QED) is 0.596. The number of phenolic OH excluding ortho intramolecular Hbond substituents is 1. The van der Waals surface area contributed by atoms with Crippen molar-refractivity contribution in [1.29, 1.82) is 0 Å². The van der Waals surface area contributed by atoms with Crippen LogP contribution in [0.5, 0.6) is 5.75 Å². The summed E-state index contributed by atoms with van der Waals surface area (Å²) in [5.41, 5.74) is 1.13. The van der Waals surface area contributed by atoms with Gasteiger partial charge in [-0.1, -0.05) is 18.2 Å². The van der Waals surface area contributed by atoms with Gasteiger partial charge in [0.2, 0.25) is 5.91 Å². The maximum Gasteiger partial charge on any atom is 0.408 e. The molecule has 0 aromatic heterocycles. The number of alkyl carbamates (subject to hydrolysis) is 1. The molecule has 0 aliphatic carbocycles. The number of carbonyl (C=O) groups excluding carboxylic acids is 3. The van der Waals surface area contributed by atoms with E-state index >= 15 is 0 Å². The van der Waals surface area contributed by atoms with Crippen LogP contribution in [0.4, 0.5) is 10.5 Å². The SMILES string of the molecule is CC(C)(C)OC(=O)NCC(=O)Nc1ccc(CNC(=O)c2cccc(O)c2)cc1. The molecule has 8 heteroatoms. The van der Waals surface area contributed by atoms with E-state index < -0.39 is 11.7 Å². The Balaban J connectivity index is 1.78. The second kappa shape index (κ2) is 9.59. The van der Waals surface area contributed by atoms with E-state index in [-0.39, 0.29) is 24.1 Å². The molecule has 0 atom stereocenters. The first kappa shape index (κ1) is 21.7. The van der Waals surface area contributed by atoms with Gasteiger partial charge in [-0.2, -0.15) is 0 Å². The van der Waals surface area contributed by atoms with Gasteiger partial charge in [0.15, 0.2) is 0 Å². The van der Waals surface area contributed by atoms with E-state index in [0.29, 0.717) is 17.8 Å². The monoisotopic (exact) mass is 399 g/mol. The van der Waals surface area contributed by atoms with Gasteiger partial charge in [-0.15, -0.1) is 0 Å². The zero-order valence-electron chi connectivity index (χ0n) is 16.6. The minimum atomic E-state index is -0.662. The van der Waals surface area contributed by atoms with Crippen molar-refractivity contribution in [3.63, 3.8) is 0 Å². The number of anilines is 1. The highest BCUT2D eigenvalue weighted by Gasteiger charge is 2.16. The topological polar surface area (TPSA) is 117 Å². The fourth-order valence-electron chi connectivity index (χ4n) is 2.31. The average molecular weight is 399 g/mol. The van der Waals surface area contributed by atoms with Gasteiger partial charge < -0.3 is 25.8 Å². The van der Waals surface area contributed by atoms with Gasteiger partial charge in [0.05, 0.1) is 0 Å². The van der Waals surface area contributed by atoms with Gasteiger partial charge in [-0.3, -0.25) is 9.59 Å². The molecule has 2 rings (SSSR count). The van der Waals surface area contributed by atoms with E-state index in [2.05, 4.69) is 16.0 Å². The number of amides is 3. The lowest BCUT2D eigenvalue weighted by Crippen LogP contribution is -2.37. The molecule has 4 N–H and O–H groups in total. The number of benzene rings is 2. The maximum atomic E-state index is 12.1. The summed E-state index contributed by atoms with van der Waals surface area (Å²) in [4.78, 5) is 35.5. The van der Waals surface area contributed by atoms with Crippen LogP contribution in [-0.4, -0.2) is 35.2 Å². The van der Waals surface area contributed by atoms with Crippen molar-refractivity contribution in [2.75, 3.05) is 11.9 Å². The Bertz CT molecular complexity index is 873. The van der Waals surface area contributed by atoms with Crippen molar-refractivity contribution < 1.29 is 24.2 Å². The lowest BCUT2D eigenvalue weighted by molar-refractivity contribution is -0.115. The molecule has 0 aliphatic rings. The molecule has 8 nitrogen and oxygen atoms in total. The van der Waals surface area contributed by atoms with Crippen molar-refractivity contribution in [2.45, 2.75) is 32.9 Å². The molecule has 29 heavy (non-hydrogen) atoms. The number of hydrogen-bond donors (Lipinski definition) is 4. The van der Waals surface area contributed by atoms with Crippen LogP contribution in [0.15, 0.2) is 48.5 Å². The normalized spacial score (nSPS) is 10.7. The summed E-state index contributed by atoms with van der Waals surface area (Å²) in [6.45, 7) is 5.29. The lowest BCUT2D eigenvalue weighted by Gasteiger charge is -2.19. The fraction of sp³-hybridized carbons (Fsp3) is 0.286. The van der Waals surface area contributed by atoms with Gasteiger partial charge in [-0.05, 0) is 56.7 Å². The van der Waals surface area contributed by atoms with Crippen molar-refractivity contribution in [3.05, 3.63) is 59.7 Å². The number of rotatable bonds is 6. The van der Waals surface area contributed by atoms with Crippen molar-refractivity contribution >= 4 is 23.6 Å². The first-order chi connectivity index (χ1) is 13.6. The molecule has 0 spiro atoms. The summed E-state index contributed by atoms with van der Waals surface area (Å²) < 4.78 is 5.06. The van der Waals surface area contributed by atoms with Crippen LogP contribution in [0.1, 0.15) is 36.7 Å². The molecule has 154 valence electrons. The molecule has 0 saturated heterocycles. The second-order valence-corrected chi connectivity index (χ2v) is 7.33. The number of ether oxygens (including phenoxy) is 1. The van der Waals surface area contributed by atoms with Gasteiger partial charge in [0, 0.05) is 17.8 Å². The van der Waals surface area contributed by atoms with E-state index in [9.17, 15) is 19.5 Å². The molecule has 3 amide bonds. The van der Waals surface area contributed by atoms with Crippen LogP contribution in [-0.2, 0) is 16.1 Å². The number of phenols is 1. The second-order valence-electron chi connectivity index (χ2n) is 7.33. The average Bonchev–Trinajstić information content (AvgIpc) is 2.64. The van der Waals surface area contributed by atoms with Crippen molar-refractivity contribution in [2.24, 2.45) is 0 Å². The van der Waals surface area contributed by atoms with Gasteiger partial charge >= 0.3 is 6.09 Å². The Kier molecular flexibility index (Phi) is 7.19. The Morgan fingerprint density at radius 2 is 1.69 bits per heavy atom. The minimum Gasteiger partial charge on any atom is -0.508 e. The third-order valence-corrected chi connectivity index (χ3v) is 3.59.